The molecule has 4 rings (SSSR count). The van der Waals surface area contributed by atoms with Crippen molar-refractivity contribution in [3.8, 4) is 0 Å². The maximum absolute atomic E-state index is 13.6. The van der Waals surface area contributed by atoms with Gasteiger partial charge < -0.3 is 9.16 Å². The van der Waals surface area contributed by atoms with Gasteiger partial charge in [0.05, 0.1) is 0 Å². The Labute approximate surface area is 236 Å². The van der Waals surface area contributed by atoms with Gasteiger partial charge in [0, 0.05) is 11.5 Å². The van der Waals surface area contributed by atoms with Crippen molar-refractivity contribution >= 4 is 30.7 Å². The summed E-state index contributed by atoms with van der Waals surface area (Å²) in [7, 11) is -2.77. The average Bonchev–Trinajstić information content (AvgIpc) is 3.35. The van der Waals surface area contributed by atoms with Gasteiger partial charge in [-0.25, -0.2) is 9.69 Å². The molecule has 208 valence electrons. The summed E-state index contributed by atoms with van der Waals surface area (Å²) in [6.07, 6.45) is -0.500. The fourth-order valence-electron chi connectivity index (χ4n) is 5.48. The smallest absolute Gasteiger partial charge is 0.417 e. The van der Waals surface area contributed by atoms with Crippen molar-refractivity contribution in [2.75, 3.05) is 13.2 Å². The summed E-state index contributed by atoms with van der Waals surface area (Å²) in [6, 6.07) is 28.3. The topological polar surface area (TPSA) is 105 Å². The lowest BCUT2D eigenvalue weighted by molar-refractivity contribution is -0.131. The lowest BCUT2D eigenvalue weighted by Crippen LogP contribution is -2.66. The average molecular weight is 557 g/mol. The van der Waals surface area contributed by atoms with E-state index in [2.05, 4.69) is 55.1 Å². The summed E-state index contributed by atoms with van der Waals surface area (Å²) in [5, 5.41) is 5.94. The molecule has 40 heavy (non-hydrogen) atoms. The molecule has 1 aliphatic rings. The number of azide groups is 1. The molecule has 3 aromatic carbocycles. The maximum atomic E-state index is 13.6. The van der Waals surface area contributed by atoms with E-state index < -0.39 is 32.4 Å². The van der Waals surface area contributed by atoms with Crippen molar-refractivity contribution in [3.63, 3.8) is 0 Å². The fourth-order valence-corrected chi connectivity index (χ4v) is 10.2. The van der Waals surface area contributed by atoms with Crippen molar-refractivity contribution in [1.82, 2.24) is 4.90 Å². The Morgan fingerprint density at radius 2 is 1.55 bits per heavy atom. The molecule has 8 nitrogen and oxygen atoms in total. The zero-order chi connectivity index (χ0) is 28.8. The molecule has 0 aliphatic carbocycles. The summed E-state index contributed by atoms with van der Waals surface area (Å²) < 4.78 is 12.2. The number of carbonyl (C=O) groups excluding carboxylic acids is 2. The predicted octanol–water partition coefficient (Wildman–Crippen LogP) is 5.99. The number of hydrogen-bond acceptors (Lipinski definition) is 5. The Morgan fingerprint density at radius 3 is 2.05 bits per heavy atom. The minimum atomic E-state index is -2.77. The van der Waals surface area contributed by atoms with Gasteiger partial charge in [0.1, 0.15) is 18.7 Å². The minimum Gasteiger partial charge on any atom is -0.446 e. The van der Waals surface area contributed by atoms with Crippen LogP contribution >= 0.6 is 0 Å². The van der Waals surface area contributed by atoms with E-state index >= 15 is 0 Å². The van der Waals surface area contributed by atoms with Gasteiger partial charge in [0.15, 0.2) is 0 Å². The molecule has 0 bridgehead atoms. The molecule has 0 saturated carbocycles. The van der Waals surface area contributed by atoms with Crippen LogP contribution in [0.15, 0.2) is 96.1 Å². The maximum Gasteiger partial charge on any atom is 0.417 e. The van der Waals surface area contributed by atoms with Crippen molar-refractivity contribution in [3.05, 3.63) is 107 Å². The van der Waals surface area contributed by atoms with Gasteiger partial charge in [0.2, 0.25) is 5.91 Å². The third kappa shape index (κ3) is 5.97. The number of nitrogens with zero attached hydrogens (tertiary/aromatic N) is 4. The number of imide groups is 1. The Balaban J connectivity index is 1.58. The lowest BCUT2D eigenvalue weighted by atomic mass is 10.0. The van der Waals surface area contributed by atoms with E-state index in [0.29, 0.717) is 6.61 Å². The Bertz CT molecular complexity index is 1300. The number of ether oxygens (including phenoxy) is 1. The zero-order valence-electron chi connectivity index (χ0n) is 23.4. The van der Waals surface area contributed by atoms with Gasteiger partial charge in [-0.05, 0) is 38.8 Å². The van der Waals surface area contributed by atoms with Crippen LogP contribution in [-0.4, -0.2) is 44.5 Å². The summed E-state index contributed by atoms with van der Waals surface area (Å²) in [5.74, 6) is -0.707. The van der Waals surface area contributed by atoms with Crippen LogP contribution in [0.5, 0.6) is 0 Å². The highest BCUT2D eigenvalue weighted by Gasteiger charge is 2.50. The summed E-state index contributed by atoms with van der Waals surface area (Å²) in [5.41, 5.74) is 10.1. The molecule has 3 aromatic rings. The molecule has 0 spiro atoms. The lowest BCUT2D eigenvalue weighted by Gasteiger charge is -2.43. The second-order valence-electron chi connectivity index (χ2n) is 11.2. The first-order chi connectivity index (χ1) is 19.2. The van der Waals surface area contributed by atoms with Crippen LogP contribution in [0.4, 0.5) is 4.79 Å². The van der Waals surface area contributed by atoms with Gasteiger partial charge in [-0.1, -0.05) is 124 Å². The largest absolute Gasteiger partial charge is 0.446 e. The molecule has 0 radical (unpaired) electrons. The first kappa shape index (κ1) is 29.1. The van der Waals surface area contributed by atoms with Crippen LogP contribution < -0.4 is 10.4 Å². The van der Waals surface area contributed by atoms with Crippen molar-refractivity contribution in [1.29, 1.82) is 0 Å². The standard InChI is InChI=1S/C31H36N4O4Si/c1-23(20-27(33-34-32)29(36)35-28(22-38-30(35)37)24-14-8-5-9-15-24)21-39-40(31(2,3)4,25-16-10-6-11-17-25)26-18-12-7-13-19-26/h5-19,23,27-28H,20-22H2,1-4H3/t23-,27+,28-/m1/s1. The predicted molar refractivity (Wildman–Crippen MR) is 158 cm³/mol. The molecular formula is C31H36N4O4Si. The zero-order valence-corrected chi connectivity index (χ0v) is 24.4. The minimum absolute atomic E-state index is 0.0596. The molecule has 3 atom stereocenters. The monoisotopic (exact) mass is 556 g/mol. The van der Waals surface area contributed by atoms with Crippen molar-refractivity contribution in [2.45, 2.75) is 51.2 Å². The van der Waals surface area contributed by atoms with Gasteiger partial charge >= 0.3 is 6.09 Å². The van der Waals surface area contributed by atoms with Crippen LogP contribution in [0.25, 0.3) is 10.4 Å². The van der Waals surface area contributed by atoms with Crippen LogP contribution in [0.2, 0.25) is 5.04 Å². The number of benzene rings is 3. The van der Waals surface area contributed by atoms with Crippen LogP contribution in [-0.2, 0) is 14.0 Å². The highest BCUT2D eigenvalue weighted by molar-refractivity contribution is 6.99. The van der Waals surface area contributed by atoms with Crippen LogP contribution in [0.3, 0.4) is 0 Å². The van der Waals surface area contributed by atoms with Gasteiger partial charge in [0.25, 0.3) is 8.32 Å². The van der Waals surface area contributed by atoms with E-state index in [1.165, 1.54) is 0 Å². The first-order valence-corrected chi connectivity index (χ1v) is 15.4. The molecule has 0 N–H and O–H groups in total. The number of rotatable bonds is 10. The molecule has 1 fully saturated rings. The van der Waals surface area contributed by atoms with Crippen molar-refractivity contribution in [2.24, 2.45) is 11.0 Å². The van der Waals surface area contributed by atoms with E-state index in [0.717, 1.165) is 20.8 Å². The van der Waals surface area contributed by atoms with Crippen molar-refractivity contribution < 1.29 is 18.8 Å². The Morgan fingerprint density at radius 1 is 1.02 bits per heavy atom. The molecule has 9 heteroatoms. The van der Waals surface area contributed by atoms with Gasteiger partial charge in [-0.15, -0.1) is 0 Å². The summed E-state index contributed by atoms with van der Waals surface area (Å²) in [6.45, 7) is 9.01. The normalized spacial score (nSPS) is 17.1. The molecule has 0 unspecified atom stereocenters. The Hall–Kier alpha value is -3.91. The molecule has 2 amide bonds. The molecule has 1 saturated heterocycles. The number of amides is 2. The van der Waals surface area contributed by atoms with Gasteiger partial charge in [-0.2, -0.15) is 0 Å². The number of hydrogen-bond donors (Lipinski definition) is 0. The first-order valence-electron chi connectivity index (χ1n) is 13.5. The van der Waals surface area contributed by atoms with Gasteiger partial charge in [-0.3, -0.25) is 4.79 Å². The van der Waals surface area contributed by atoms with Crippen LogP contribution in [0.1, 0.15) is 45.7 Å². The van der Waals surface area contributed by atoms with E-state index in [4.69, 9.17) is 9.16 Å². The molecule has 1 heterocycles. The Kier molecular flexibility index (Phi) is 9.09. The molecular weight excluding hydrogens is 520 g/mol. The highest BCUT2D eigenvalue weighted by Crippen LogP contribution is 2.37. The number of cyclic esters (lactones) is 1. The quantitative estimate of drug-likeness (QED) is 0.132. The fraction of sp³-hybridized carbons (Fsp3) is 0.355. The second-order valence-corrected chi connectivity index (χ2v) is 15.6. The second kappa shape index (κ2) is 12.5. The van der Waals surface area contributed by atoms with E-state index in [1.54, 1.807) is 0 Å². The SMILES string of the molecule is C[C@@H](CO[Si](c1ccccc1)(c1ccccc1)C(C)(C)C)C[C@H](N=[N+]=[N-])C(=O)N1C(=O)OC[C@@H]1c1ccccc1. The molecule has 0 aromatic heterocycles. The van der Waals surface area contributed by atoms with E-state index in [-0.39, 0.29) is 24.0 Å². The van der Waals surface area contributed by atoms with E-state index in [9.17, 15) is 15.1 Å². The summed E-state index contributed by atoms with van der Waals surface area (Å²) in [4.78, 5) is 30.2. The number of carbonyl (C=O) groups is 2. The summed E-state index contributed by atoms with van der Waals surface area (Å²) >= 11 is 0. The van der Waals surface area contributed by atoms with E-state index in [1.807, 2.05) is 73.7 Å². The van der Waals surface area contributed by atoms with Crippen LogP contribution in [0, 0.1) is 5.92 Å². The third-order valence-electron chi connectivity index (χ3n) is 7.40. The molecule has 1 aliphatic heterocycles. The third-order valence-corrected chi connectivity index (χ3v) is 12.4. The highest BCUT2D eigenvalue weighted by atomic mass is 28.4.